The van der Waals surface area contributed by atoms with E-state index in [-0.39, 0.29) is 11.8 Å². The Balaban J connectivity index is 1.82. The summed E-state index contributed by atoms with van der Waals surface area (Å²) < 4.78 is 10.6. The first-order chi connectivity index (χ1) is 12.2. The van der Waals surface area contributed by atoms with Gasteiger partial charge in [0, 0.05) is 18.7 Å². The predicted octanol–water partition coefficient (Wildman–Crippen LogP) is 3.72. The topological polar surface area (TPSA) is 38.8 Å². The van der Waals surface area contributed by atoms with E-state index in [4.69, 9.17) is 9.47 Å². The first kappa shape index (κ1) is 17.2. The molecule has 130 valence electrons. The molecule has 0 fully saturated rings. The third-order valence-electron chi connectivity index (χ3n) is 4.51. The molecule has 4 nitrogen and oxygen atoms in total. The van der Waals surface area contributed by atoms with Crippen molar-refractivity contribution in [1.29, 1.82) is 0 Å². The number of hydrogen-bond donors (Lipinski definition) is 0. The molecule has 1 aliphatic rings. The molecule has 2 aromatic rings. The van der Waals surface area contributed by atoms with Crippen LogP contribution < -0.4 is 9.47 Å². The lowest BCUT2D eigenvalue weighted by Crippen LogP contribution is -2.42. The molecule has 4 heteroatoms. The summed E-state index contributed by atoms with van der Waals surface area (Å²) in [7, 11) is 3.17. The van der Waals surface area contributed by atoms with Crippen molar-refractivity contribution >= 4 is 5.78 Å². The molecule has 0 spiro atoms. The van der Waals surface area contributed by atoms with Crippen LogP contribution in [0.15, 0.2) is 60.7 Å². The van der Waals surface area contributed by atoms with Gasteiger partial charge in [-0.15, -0.1) is 0 Å². The van der Waals surface area contributed by atoms with Crippen LogP contribution in [-0.4, -0.2) is 37.5 Å². The second-order valence-corrected chi connectivity index (χ2v) is 6.07. The number of methoxy groups -OCH3 is 2. The number of benzene rings is 2. The standard InChI is InChI=1S/C21H23NO3/c1-24-19-12-11-17(14-20(19)25-2)21(23)18-10-6-7-13-22(18)15-16-8-4-3-5-9-16/h3-9,11-12,14,18H,10,13,15H2,1-2H3. The van der Waals surface area contributed by atoms with Gasteiger partial charge in [0.15, 0.2) is 17.3 Å². The fraction of sp³-hybridized carbons (Fsp3) is 0.286. The van der Waals surface area contributed by atoms with E-state index in [9.17, 15) is 4.79 Å². The molecule has 0 radical (unpaired) electrons. The van der Waals surface area contributed by atoms with Crippen molar-refractivity contribution in [2.45, 2.75) is 19.0 Å². The number of ketones is 1. The van der Waals surface area contributed by atoms with Crippen molar-refractivity contribution in [2.24, 2.45) is 0 Å². The molecule has 0 aromatic heterocycles. The van der Waals surface area contributed by atoms with Crippen LogP contribution in [-0.2, 0) is 6.54 Å². The van der Waals surface area contributed by atoms with Gasteiger partial charge in [-0.05, 0) is 30.2 Å². The molecular formula is C21H23NO3. The Morgan fingerprint density at radius 1 is 1.04 bits per heavy atom. The fourth-order valence-electron chi connectivity index (χ4n) is 3.16. The SMILES string of the molecule is COc1ccc(C(=O)C2CC=CCN2Cc2ccccc2)cc1OC. The Bertz CT molecular complexity index is 755. The van der Waals surface area contributed by atoms with Gasteiger partial charge in [-0.2, -0.15) is 0 Å². The summed E-state index contributed by atoms with van der Waals surface area (Å²) in [5, 5.41) is 0. The Labute approximate surface area is 148 Å². The number of ether oxygens (including phenoxy) is 2. The number of Topliss-reactive ketones (excluding diaryl/α,β-unsaturated/α-hetero) is 1. The molecule has 0 amide bonds. The van der Waals surface area contributed by atoms with Gasteiger partial charge in [-0.1, -0.05) is 42.5 Å². The highest BCUT2D eigenvalue weighted by Gasteiger charge is 2.28. The summed E-state index contributed by atoms with van der Waals surface area (Å²) in [4.78, 5) is 15.3. The molecular weight excluding hydrogens is 314 g/mol. The summed E-state index contributed by atoms with van der Waals surface area (Å²) in [6, 6.07) is 15.4. The van der Waals surface area contributed by atoms with Crippen LogP contribution in [0.25, 0.3) is 0 Å². The van der Waals surface area contributed by atoms with Crippen molar-refractivity contribution < 1.29 is 14.3 Å². The number of carbonyl (C=O) groups excluding carboxylic acids is 1. The minimum atomic E-state index is -0.164. The molecule has 1 unspecified atom stereocenters. The number of carbonyl (C=O) groups is 1. The third-order valence-corrected chi connectivity index (χ3v) is 4.51. The normalized spacial score (nSPS) is 17.3. The number of hydrogen-bond acceptors (Lipinski definition) is 4. The fourth-order valence-corrected chi connectivity index (χ4v) is 3.16. The first-order valence-corrected chi connectivity index (χ1v) is 8.42. The van der Waals surface area contributed by atoms with Gasteiger partial charge in [0.05, 0.1) is 20.3 Å². The Kier molecular flexibility index (Phi) is 5.51. The van der Waals surface area contributed by atoms with E-state index in [2.05, 4.69) is 29.2 Å². The van der Waals surface area contributed by atoms with Gasteiger partial charge in [0.1, 0.15) is 0 Å². The summed E-state index contributed by atoms with van der Waals surface area (Å²) >= 11 is 0. The maximum Gasteiger partial charge on any atom is 0.180 e. The molecule has 0 saturated heterocycles. The van der Waals surface area contributed by atoms with Crippen molar-refractivity contribution in [3.05, 3.63) is 71.8 Å². The van der Waals surface area contributed by atoms with Crippen LogP contribution >= 0.6 is 0 Å². The van der Waals surface area contributed by atoms with Gasteiger partial charge in [-0.3, -0.25) is 9.69 Å². The highest BCUT2D eigenvalue weighted by molar-refractivity contribution is 6.00. The third kappa shape index (κ3) is 3.91. The molecule has 0 saturated carbocycles. The van der Waals surface area contributed by atoms with Crippen molar-refractivity contribution in [2.75, 3.05) is 20.8 Å². The van der Waals surface area contributed by atoms with Crippen molar-refractivity contribution in [3.8, 4) is 11.5 Å². The van der Waals surface area contributed by atoms with Crippen molar-refractivity contribution in [1.82, 2.24) is 4.90 Å². The monoisotopic (exact) mass is 337 g/mol. The zero-order valence-electron chi connectivity index (χ0n) is 14.6. The second kappa shape index (κ2) is 7.99. The van der Waals surface area contributed by atoms with E-state index in [1.165, 1.54) is 5.56 Å². The highest BCUT2D eigenvalue weighted by atomic mass is 16.5. The minimum absolute atomic E-state index is 0.112. The average Bonchev–Trinajstić information content (AvgIpc) is 2.68. The van der Waals surface area contributed by atoms with E-state index < -0.39 is 0 Å². The molecule has 1 atom stereocenters. The molecule has 2 aromatic carbocycles. The molecule has 1 heterocycles. The largest absolute Gasteiger partial charge is 0.493 e. The summed E-state index contributed by atoms with van der Waals surface area (Å²) in [5.41, 5.74) is 1.86. The van der Waals surface area contributed by atoms with Crippen LogP contribution in [0.3, 0.4) is 0 Å². The van der Waals surface area contributed by atoms with Crippen LogP contribution in [0.4, 0.5) is 0 Å². The van der Waals surface area contributed by atoms with Crippen molar-refractivity contribution in [3.63, 3.8) is 0 Å². The van der Waals surface area contributed by atoms with E-state index in [1.807, 2.05) is 24.3 Å². The maximum absolute atomic E-state index is 13.1. The second-order valence-electron chi connectivity index (χ2n) is 6.07. The van der Waals surface area contributed by atoms with Crippen LogP contribution in [0.5, 0.6) is 11.5 Å². The highest BCUT2D eigenvalue weighted by Crippen LogP contribution is 2.29. The molecule has 0 N–H and O–H groups in total. The summed E-state index contributed by atoms with van der Waals surface area (Å²) in [6.07, 6.45) is 4.94. The van der Waals surface area contributed by atoms with E-state index >= 15 is 0 Å². The zero-order chi connectivity index (χ0) is 17.6. The Morgan fingerprint density at radius 2 is 1.80 bits per heavy atom. The Hall–Kier alpha value is -2.59. The van der Waals surface area contributed by atoms with Gasteiger partial charge in [0.25, 0.3) is 0 Å². The van der Waals surface area contributed by atoms with E-state index in [0.29, 0.717) is 17.1 Å². The summed E-state index contributed by atoms with van der Waals surface area (Å²) in [5.74, 6) is 1.32. The molecule has 3 rings (SSSR count). The smallest absolute Gasteiger partial charge is 0.180 e. The van der Waals surface area contributed by atoms with Gasteiger partial charge < -0.3 is 9.47 Å². The quantitative estimate of drug-likeness (QED) is 0.595. The molecule has 25 heavy (non-hydrogen) atoms. The van der Waals surface area contributed by atoms with Gasteiger partial charge in [-0.25, -0.2) is 0 Å². The van der Waals surface area contributed by atoms with Crippen LogP contribution in [0.2, 0.25) is 0 Å². The van der Waals surface area contributed by atoms with Crippen LogP contribution in [0.1, 0.15) is 22.3 Å². The maximum atomic E-state index is 13.1. The van der Waals surface area contributed by atoms with E-state index in [0.717, 1.165) is 19.5 Å². The van der Waals surface area contributed by atoms with Crippen LogP contribution in [0, 0.1) is 0 Å². The Morgan fingerprint density at radius 3 is 2.52 bits per heavy atom. The van der Waals surface area contributed by atoms with E-state index in [1.54, 1.807) is 26.4 Å². The lowest BCUT2D eigenvalue weighted by molar-refractivity contribution is 0.0815. The lowest BCUT2D eigenvalue weighted by Gasteiger charge is -2.32. The number of rotatable bonds is 6. The van der Waals surface area contributed by atoms with Gasteiger partial charge in [0.2, 0.25) is 0 Å². The van der Waals surface area contributed by atoms with Gasteiger partial charge >= 0.3 is 0 Å². The predicted molar refractivity (Wildman–Crippen MR) is 98.3 cm³/mol. The zero-order valence-corrected chi connectivity index (χ0v) is 14.6. The molecule has 1 aliphatic heterocycles. The first-order valence-electron chi connectivity index (χ1n) is 8.42. The minimum Gasteiger partial charge on any atom is -0.493 e. The molecule has 0 bridgehead atoms. The average molecular weight is 337 g/mol. The molecule has 0 aliphatic carbocycles. The summed E-state index contributed by atoms with van der Waals surface area (Å²) in [6.45, 7) is 1.54. The lowest BCUT2D eigenvalue weighted by atomic mass is 9.96. The number of nitrogens with zero attached hydrogens (tertiary/aromatic N) is 1.